The minimum atomic E-state index is -0.627. The van der Waals surface area contributed by atoms with Gasteiger partial charge in [-0.05, 0) is 43.9 Å². The van der Waals surface area contributed by atoms with Crippen molar-refractivity contribution in [1.29, 1.82) is 0 Å². The van der Waals surface area contributed by atoms with Crippen molar-refractivity contribution < 1.29 is 9.50 Å². The Morgan fingerprint density at radius 3 is 2.88 bits per heavy atom. The van der Waals surface area contributed by atoms with E-state index in [-0.39, 0.29) is 5.82 Å². The molecule has 1 aliphatic rings. The first-order valence-electron chi connectivity index (χ1n) is 6.30. The summed E-state index contributed by atoms with van der Waals surface area (Å²) in [7, 11) is 0. The van der Waals surface area contributed by atoms with Crippen LogP contribution in [0.3, 0.4) is 0 Å². The summed E-state index contributed by atoms with van der Waals surface area (Å²) in [5, 5.41) is 9.73. The molecule has 0 aliphatic carbocycles. The number of aliphatic hydroxyl groups is 1. The number of hydrogen-bond donors (Lipinski definition) is 1. The van der Waals surface area contributed by atoms with Crippen LogP contribution in [0.4, 0.5) is 10.1 Å². The van der Waals surface area contributed by atoms with Crippen LogP contribution in [0.15, 0.2) is 18.2 Å². The third-order valence-electron chi connectivity index (χ3n) is 3.44. The van der Waals surface area contributed by atoms with E-state index < -0.39 is 6.10 Å². The Morgan fingerprint density at radius 2 is 2.24 bits per heavy atom. The lowest BCUT2D eigenvalue weighted by Gasteiger charge is -2.34. The Kier molecular flexibility index (Phi) is 3.67. The molecule has 2 rings (SSSR count). The molecule has 3 heteroatoms. The first kappa shape index (κ1) is 12.4. The Labute approximate surface area is 102 Å². The van der Waals surface area contributed by atoms with E-state index in [1.807, 2.05) is 0 Å². The van der Waals surface area contributed by atoms with E-state index >= 15 is 0 Å². The monoisotopic (exact) mass is 237 g/mol. The number of halogens is 1. The largest absolute Gasteiger partial charge is 0.389 e. The highest BCUT2D eigenvalue weighted by molar-refractivity contribution is 5.55. The van der Waals surface area contributed by atoms with Crippen LogP contribution in [0, 0.1) is 11.7 Å². The normalized spacial score (nSPS) is 22.6. The summed E-state index contributed by atoms with van der Waals surface area (Å²) in [6.07, 6.45) is 1.79. The van der Waals surface area contributed by atoms with Gasteiger partial charge < -0.3 is 10.0 Å². The summed E-state index contributed by atoms with van der Waals surface area (Å²) in [4.78, 5) is 2.26. The summed E-state index contributed by atoms with van der Waals surface area (Å²) in [6, 6.07) is 4.70. The third-order valence-corrected chi connectivity index (χ3v) is 3.44. The minimum Gasteiger partial charge on any atom is -0.389 e. The van der Waals surface area contributed by atoms with Gasteiger partial charge in [-0.15, -0.1) is 0 Å². The fourth-order valence-electron chi connectivity index (χ4n) is 2.56. The number of aliphatic hydroxyl groups excluding tert-OH is 1. The molecule has 2 nitrogen and oxygen atoms in total. The highest BCUT2D eigenvalue weighted by Gasteiger charge is 2.20. The van der Waals surface area contributed by atoms with Crippen molar-refractivity contribution in [3.63, 3.8) is 0 Å². The van der Waals surface area contributed by atoms with Crippen molar-refractivity contribution in [2.24, 2.45) is 5.92 Å². The summed E-state index contributed by atoms with van der Waals surface area (Å²) in [5.41, 5.74) is 1.67. The molecule has 1 saturated heterocycles. The second-order valence-electron chi connectivity index (χ2n) is 5.07. The predicted molar refractivity (Wildman–Crippen MR) is 67.6 cm³/mol. The first-order chi connectivity index (χ1) is 8.08. The van der Waals surface area contributed by atoms with Gasteiger partial charge in [0.05, 0.1) is 6.10 Å². The molecule has 1 aromatic rings. The molecule has 0 bridgehead atoms. The Balaban J connectivity index is 2.30. The third kappa shape index (κ3) is 2.78. The maximum atomic E-state index is 13.2. The van der Waals surface area contributed by atoms with Gasteiger partial charge in [-0.3, -0.25) is 0 Å². The number of benzene rings is 1. The van der Waals surface area contributed by atoms with E-state index in [1.165, 1.54) is 18.6 Å². The van der Waals surface area contributed by atoms with Crippen LogP contribution in [0.2, 0.25) is 0 Å². The zero-order valence-electron chi connectivity index (χ0n) is 10.5. The molecule has 0 spiro atoms. The van der Waals surface area contributed by atoms with Crippen molar-refractivity contribution in [3.05, 3.63) is 29.6 Å². The van der Waals surface area contributed by atoms with Gasteiger partial charge >= 0.3 is 0 Å². The molecular formula is C14H20FNO. The van der Waals surface area contributed by atoms with Crippen molar-refractivity contribution in [1.82, 2.24) is 0 Å². The van der Waals surface area contributed by atoms with Crippen LogP contribution in [0.1, 0.15) is 38.4 Å². The molecule has 0 saturated carbocycles. The lowest BCUT2D eigenvalue weighted by atomic mass is 9.98. The molecule has 1 aromatic carbocycles. The van der Waals surface area contributed by atoms with Crippen LogP contribution < -0.4 is 4.90 Å². The smallest absolute Gasteiger partial charge is 0.123 e. The maximum Gasteiger partial charge on any atom is 0.123 e. The second-order valence-corrected chi connectivity index (χ2v) is 5.07. The van der Waals surface area contributed by atoms with E-state index in [0.29, 0.717) is 11.5 Å². The lowest BCUT2D eigenvalue weighted by molar-refractivity contribution is 0.199. The van der Waals surface area contributed by atoms with Gasteiger partial charge in [0, 0.05) is 24.3 Å². The topological polar surface area (TPSA) is 23.5 Å². The summed E-state index contributed by atoms with van der Waals surface area (Å²) >= 11 is 0. The van der Waals surface area contributed by atoms with Gasteiger partial charge in [0.2, 0.25) is 0 Å². The van der Waals surface area contributed by atoms with E-state index in [9.17, 15) is 9.50 Å². The van der Waals surface area contributed by atoms with E-state index in [1.54, 1.807) is 13.0 Å². The zero-order chi connectivity index (χ0) is 12.4. The van der Waals surface area contributed by atoms with E-state index in [4.69, 9.17) is 0 Å². The van der Waals surface area contributed by atoms with Gasteiger partial charge in [0.1, 0.15) is 5.82 Å². The van der Waals surface area contributed by atoms with Gasteiger partial charge in [0.25, 0.3) is 0 Å². The van der Waals surface area contributed by atoms with Crippen LogP contribution in [-0.2, 0) is 0 Å². The summed E-state index contributed by atoms with van der Waals surface area (Å²) in [6.45, 7) is 5.91. The van der Waals surface area contributed by atoms with Crippen LogP contribution in [0.5, 0.6) is 0 Å². The molecule has 2 atom stereocenters. The number of hydrogen-bond acceptors (Lipinski definition) is 2. The van der Waals surface area contributed by atoms with Gasteiger partial charge in [0.15, 0.2) is 0 Å². The molecular weight excluding hydrogens is 217 g/mol. The number of rotatable bonds is 2. The number of anilines is 1. The van der Waals surface area contributed by atoms with E-state index in [2.05, 4.69) is 11.8 Å². The molecule has 1 fully saturated rings. The Bertz CT molecular complexity index is 392. The molecule has 0 radical (unpaired) electrons. The van der Waals surface area contributed by atoms with E-state index in [0.717, 1.165) is 25.2 Å². The highest BCUT2D eigenvalue weighted by atomic mass is 19.1. The minimum absolute atomic E-state index is 0.283. The highest BCUT2D eigenvalue weighted by Crippen LogP contribution is 2.30. The van der Waals surface area contributed by atoms with Crippen molar-refractivity contribution in [3.8, 4) is 0 Å². The predicted octanol–water partition coefficient (Wildman–Crippen LogP) is 3.12. The Hall–Kier alpha value is -1.09. The van der Waals surface area contributed by atoms with Crippen LogP contribution >= 0.6 is 0 Å². The van der Waals surface area contributed by atoms with Gasteiger partial charge in [-0.25, -0.2) is 4.39 Å². The van der Waals surface area contributed by atoms with Crippen LogP contribution in [-0.4, -0.2) is 18.2 Å². The second kappa shape index (κ2) is 5.05. The summed E-state index contributed by atoms with van der Waals surface area (Å²) < 4.78 is 13.2. The standard InChI is InChI=1S/C14H20FNO/c1-10-4-3-7-16(9-10)14-6-5-12(15)8-13(14)11(2)17/h5-6,8,10-11,17H,3-4,7,9H2,1-2H3/t10?,11-/m1/s1. The fourth-order valence-corrected chi connectivity index (χ4v) is 2.56. The molecule has 0 amide bonds. The maximum absolute atomic E-state index is 13.2. The molecule has 1 heterocycles. The molecule has 1 unspecified atom stereocenters. The molecule has 1 aliphatic heterocycles. The summed E-state index contributed by atoms with van der Waals surface area (Å²) in [5.74, 6) is 0.380. The number of nitrogens with zero attached hydrogens (tertiary/aromatic N) is 1. The lowest BCUT2D eigenvalue weighted by Crippen LogP contribution is -2.35. The molecule has 17 heavy (non-hydrogen) atoms. The van der Waals surface area contributed by atoms with Gasteiger partial charge in [-0.1, -0.05) is 6.92 Å². The first-order valence-corrected chi connectivity index (χ1v) is 6.30. The molecule has 0 aromatic heterocycles. The van der Waals surface area contributed by atoms with Crippen molar-refractivity contribution in [2.75, 3.05) is 18.0 Å². The fraction of sp³-hybridized carbons (Fsp3) is 0.571. The quantitative estimate of drug-likeness (QED) is 0.854. The SMILES string of the molecule is CC1CCCN(c2ccc(F)cc2[C@@H](C)O)C1. The molecule has 1 N–H and O–H groups in total. The van der Waals surface area contributed by atoms with Crippen molar-refractivity contribution >= 4 is 5.69 Å². The van der Waals surface area contributed by atoms with Crippen LogP contribution in [0.25, 0.3) is 0 Å². The average Bonchev–Trinajstić information content (AvgIpc) is 2.28. The molecule has 94 valence electrons. The number of piperidine rings is 1. The van der Waals surface area contributed by atoms with Gasteiger partial charge in [-0.2, -0.15) is 0 Å². The Morgan fingerprint density at radius 1 is 1.47 bits per heavy atom. The average molecular weight is 237 g/mol. The zero-order valence-corrected chi connectivity index (χ0v) is 10.5. The van der Waals surface area contributed by atoms with Crippen molar-refractivity contribution in [2.45, 2.75) is 32.8 Å².